The summed E-state index contributed by atoms with van der Waals surface area (Å²) < 4.78 is 13.3. The fourth-order valence-corrected chi connectivity index (χ4v) is 1.91. The van der Waals surface area contributed by atoms with Crippen molar-refractivity contribution >= 4 is 0 Å². The number of aromatic nitrogens is 2. The minimum Gasteiger partial charge on any atom is -0.271 e. The van der Waals surface area contributed by atoms with E-state index in [0.29, 0.717) is 0 Å². The van der Waals surface area contributed by atoms with Gasteiger partial charge in [0.25, 0.3) is 0 Å². The van der Waals surface area contributed by atoms with Crippen molar-refractivity contribution in [3.63, 3.8) is 0 Å². The van der Waals surface area contributed by atoms with Gasteiger partial charge in [-0.15, -0.1) is 0 Å². The van der Waals surface area contributed by atoms with Crippen molar-refractivity contribution < 1.29 is 4.39 Å². The van der Waals surface area contributed by atoms with Gasteiger partial charge in [-0.25, -0.2) is 9.82 Å². The normalized spacial score (nSPS) is 12.4. The second kappa shape index (κ2) is 5.20. The highest BCUT2D eigenvalue weighted by Crippen LogP contribution is 2.23. The van der Waals surface area contributed by atoms with Crippen LogP contribution in [0.3, 0.4) is 0 Å². The summed E-state index contributed by atoms with van der Waals surface area (Å²) in [5, 5.41) is 8.03. The Hall–Kier alpha value is -1.85. The van der Waals surface area contributed by atoms with Gasteiger partial charge in [0.05, 0.1) is 17.4 Å². The zero-order chi connectivity index (χ0) is 13.1. The molecule has 5 heteroatoms. The highest BCUT2D eigenvalue weighted by molar-refractivity contribution is 5.34. The Bertz CT molecular complexity index is 556. The molecule has 1 aromatic heterocycles. The van der Waals surface area contributed by atoms with E-state index in [2.05, 4.69) is 15.6 Å². The Morgan fingerprint density at radius 2 is 2.00 bits per heavy atom. The zero-order valence-electron chi connectivity index (χ0n) is 10.3. The van der Waals surface area contributed by atoms with Crippen LogP contribution in [0.25, 0.3) is 0 Å². The topological polar surface area (TPSA) is 63.8 Å². The maximum absolute atomic E-state index is 13.3. The standard InChI is InChI=1S/C13H15FN4/c1-8-6-12(9(2)18-17-8)13(16-15)10-4-3-5-11(14)7-10/h3-7,13,16H,15H2,1-2H3. The summed E-state index contributed by atoms with van der Waals surface area (Å²) in [7, 11) is 0. The highest BCUT2D eigenvalue weighted by Gasteiger charge is 2.16. The van der Waals surface area contributed by atoms with Gasteiger partial charge in [0.15, 0.2) is 0 Å². The number of nitrogens with one attached hydrogen (secondary N) is 1. The number of hydrogen-bond donors (Lipinski definition) is 2. The lowest BCUT2D eigenvalue weighted by atomic mass is 9.98. The Balaban J connectivity index is 2.48. The summed E-state index contributed by atoms with van der Waals surface area (Å²) in [6.45, 7) is 3.71. The van der Waals surface area contributed by atoms with E-state index < -0.39 is 0 Å². The lowest BCUT2D eigenvalue weighted by molar-refractivity contribution is 0.600. The summed E-state index contributed by atoms with van der Waals surface area (Å²) in [4.78, 5) is 0. The van der Waals surface area contributed by atoms with E-state index >= 15 is 0 Å². The van der Waals surface area contributed by atoms with Crippen molar-refractivity contribution in [3.8, 4) is 0 Å². The zero-order valence-corrected chi connectivity index (χ0v) is 10.3. The first kappa shape index (κ1) is 12.6. The van der Waals surface area contributed by atoms with Gasteiger partial charge < -0.3 is 0 Å². The van der Waals surface area contributed by atoms with Crippen LogP contribution in [0.1, 0.15) is 28.6 Å². The Kier molecular flexibility index (Phi) is 3.64. The van der Waals surface area contributed by atoms with Crippen molar-refractivity contribution in [2.45, 2.75) is 19.9 Å². The van der Waals surface area contributed by atoms with Crippen molar-refractivity contribution in [1.29, 1.82) is 0 Å². The van der Waals surface area contributed by atoms with Crippen molar-refractivity contribution in [1.82, 2.24) is 15.6 Å². The second-order valence-electron chi connectivity index (χ2n) is 4.18. The van der Waals surface area contributed by atoms with Gasteiger partial charge in [0.1, 0.15) is 5.82 Å². The summed E-state index contributed by atoms with van der Waals surface area (Å²) in [5.74, 6) is 5.30. The van der Waals surface area contributed by atoms with Crippen LogP contribution in [-0.2, 0) is 0 Å². The van der Waals surface area contributed by atoms with Crippen LogP contribution < -0.4 is 11.3 Å². The SMILES string of the molecule is Cc1cc(C(NN)c2cccc(F)c2)c(C)nn1. The number of hydrogen-bond acceptors (Lipinski definition) is 4. The maximum atomic E-state index is 13.3. The monoisotopic (exact) mass is 246 g/mol. The minimum atomic E-state index is -0.296. The fraction of sp³-hybridized carbons (Fsp3) is 0.231. The number of nitrogens with two attached hydrogens (primary N) is 1. The summed E-state index contributed by atoms with van der Waals surface area (Å²) >= 11 is 0. The van der Waals surface area contributed by atoms with E-state index in [4.69, 9.17) is 5.84 Å². The molecule has 94 valence electrons. The molecule has 1 unspecified atom stereocenters. The third kappa shape index (κ3) is 2.52. The average Bonchev–Trinajstić information content (AvgIpc) is 2.35. The van der Waals surface area contributed by atoms with E-state index in [1.54, 1.807) is 6.07 Å². The molecule has 0 fully saturated rings. The highest BCUT2D eigenvalue weighted by atomic mass is 19.1. The number of nitrogens with zero attached hydrogens (tertiary/aromatic N) is 2. The molecule has 0 radical (unpaired) electrons. The van der Waals surface area contributed by atoms with Crippen molar-refractivity contribution in [2.24, 2.45) is 5.84 Å². The van der Waals surface area contributed by atoms with Gasteiger partial charge in [-0.05, 0) is 43.2 Å². The predicted octanol–water partition coefficient (Wildman–Crippen LogP) is 1.79. The first-order valence-corrected chi connectivity index (χ1v) is 5.64. The van der Waals surface area contributed by atoms with Gasteiger partial charge in [-0.3, -0.25) is 5.84 Å². The van der Waals surface area contributed by atoms with Gasteiger partial charge >= 0.3 is 0 Å². The lowest BCUT2D eigenvalue weighted by Crippen LogP contribution is -2.29. The molecule has 18 heavy (non-hydrogen) atoms. The van der Waals surface area contributed by atoms with Crippen LogP contribution in [0.4, 0.5) is 4.39 Å². The molecule has 0 saturated carbocycles. The Morgan fingerprint density at radius 1 is 1.22 bits per heavy atom. The molecular weight excluding hydrogens is 231 g/mol. The molecule has 0 spiro atoms. The predicted molar refractivity (Wildman–Crippen MR) is 67.1 cm³/mol. The average molecular weight is 246 g/mol. The summed E-state index contributed by atoms with van der Waals surface area (Å²) in [5.41, 5.74) is 5.92. The van der Waals surface area contributed by atoms with E-state index in [0.717, 1.165) is 22.5 Å². The van der Waals surface area contributed by atoms with Crippen LogP contribution in [0.5, 0.6) is 0 Å². The van der Waals surface area contributed by atoms with Gasteiger partial charge in [0.2, 0.25) is 0 Å². The quantitative estimate of drug-likeness (QED) is 0.640. The fourth-order valence-electron chi connectivity index (χ4n) is 1.91. The van der Waals surface area contributed by atoms with Crippen LogP contribution in [-0.4, -0.2) is 10.2 Å². The molecule has 0 aliphatic carbocycles. The molecule has 4 nitrogen and oxygen atoms in total. The molecule has 1 atom stereocenters. The molecular formula is C13H15FN4. The molecule has 0 saturated heterocycles. The third-order valence-electron chi connectivity index (χ3n) is 2.80. The molecule has 0 bridgehead atoms. The molecule has 2 aromatic rings. The number of benzene rings is 1. The molecule has 0 aliphatic rings. The first-order valence-electron chi connectivity index (χ1n) is 5.64. The van der Waals surface area contributed by atoms with Gasteiger partial charge in [-0.2, -0.15) is 10.2 Å². The Morgan fingerprint density at radius 3 is 2.67 bits per heavy atom. The third-order valence-corrected chi connectivity index (χ3v) is 2.80. The molecule has 1 aromatic carbocycles. The number of halogens is 1. The van der Waals surface area contributed by atoms with Crippen LogP contribution in [0, 0.1) is 19.7 Å². The molecule has 3 N–H and O–H groups in total. The molecule has 0 amide bonds. The van der Waals surface area contributed by atoms with Crippen LogP contribution in [0.15, 0.2) is 30.3 Å². The van der Waals surface area contributed by atoms with E-state index in [-0.39, 0.29) is 11.9 Å². The lowest BCUT2D eigenvalue weighted by Gasteiger charge is -2.18. The molecule has 1 heterocycles. The van der Waals surface area contributed by atoms with E-state index in [1.807, 2.05) is 26.0 Å². The first-order chi connectivity index (χ1) is 8.61. The number of aryl methyl sites for hydroxylation is 2. The molecule has 2 rings (SSSR count). The van der Waals surface area contributed by atoms with E-state index in [9.17, 15) is 4.39 Å². The minimum absolute atomic E-state index is 0.288. The summed E-state index contributed by atoms with van der Waals surface area (Å²) in [6, 6.07) is 7.95. The van der Waals surface area contributed by atoms with Crippen LogP contribution >= 0.6 is 0 Å². The largest absolute Gasteiger partial charge is 0.271 e. The number of hydrazine groups is 1. The van der Waals surface area contributed by atoms with Crippen LogP contribution in [0.2, 0.25) is 0 Å². The maximum Gasteiger partial charge on any atom is 0.123 e. The van der Waals surface area contributed by atoms with E-state index in [1.165, 1.54) is 12.1 Å². The van der Waals surface area contributed by atoms with Crippen molar-refractivity contribution in [2.75, 3.05) is 0 Å². The van der Waals surface area contributed by atoms with Gasteiger partial charge in [-0.1, -0.05) is 12.1 Å². The van der Waals surface area contributed by atoms with Crippen molar-refractivity contribution in [3.05, 3.63) is 58.7 Å². The molecule has 0 aliphatic heterocycles. The van der Waals surface area contributed by atoms with Gasteiger partial charge in [0, 0.05) is 0 Å². The second-order valence-corrected chi connectivity index (χ2v) is 4.18. The number of rotatable bonds is 3. The Labute approximate surface area is 105 Å². The summed E-state index contributed by atoms with van der Waals surface area (Å²) in [6.07, 6.45) is 0. The smallest absolute Gasteiger partial charge is 0.123 e.